The number of rotatable bonds is 8. The van der Waals surface area contributed by atoms with Crippen molar-refractivity contribution in [2.75, 3.05) is 0 Å². The van der Waals surface area contributed by atoms with Crippen molar-refractivity contribution in [1.29, 1.82) is 5.41 Å². The van der Waals surface area contributed by atoms with Crippen LogP contribution >= 0.6 is 0 Å². The highest BCUT2D eigenvalue weighted by Crippen LogP contribution is 2.58. The molecule has 0 saturated carbocycles. The maximum atomic E-state index is 9.54. The summed E-state index contributed by atoms with van der Waals surface area (Å²) in [5.74, 6) is 0. The van der Waals surface area contributed by atoms with Crippen molar-refractivity contribution in [3.05, 3.63) is 281 Å². The molecule has 0 bridgehead atoms. The van der Waals surface area contributed by atoms with Crippen LogP contribution in [0.5, 0.6) is 0 Å². The van der Waals surface area contributed by atoms with Gasteiger partial charge in [-0.3, -0.25) is 4.99 Å². The Morgan fingerprint density at radius 1 is 0.424 bits per heavy atom. The van der Waals surface area contributed by atoms with Gasteiger partial charge in [0.1, 0.15) is 0 Å². The zero-order valence-electron chi connectivity index (χ0n) is 37.0. The number of hydrogen-bond donors (Lipinski definition) is 1. The Balaban J connectivity index is 1.05. The Morgan fingerprint density at radius 3 is 1.68 bits per heavy atom. The summed E-state index contributed by atoms with van der Waals surface area (Å²) in [6, 6.07) is 80.7. The van der Waals surface area contributed by atoms with Crippen LogP contribution in [-0.2, 0) is 10.8 Å². The third kappa shape index (κ3) is 5.95. The van der Waals surface area contributed by atoms with Crippen molar-refractivity contribution in [3.8, 4) is 33.4 Å². The highest BCUT2D eigenvalue weighted by atomic mass is 14.7. The van der Waals surface area contributed by atoms with E-state index in [4.69, 9.17) is 4.99 Å². The van der Waals surface area contributed by atoms with Crippen LogP contribution in [0.15, 0.2) is 236 Å². The normalized spacial score (nSPS) is 14.2. The second kappa shape index (κ2) is 15.5. The molecule has 0 aromatic heterocycles. The zero-order valence-corrected chi connectivity index (χ0v) is 37.0. The van der Waals surface area contributed by atoms with E-state index in [1.54, 1.807) is 0 Å². The molecule has 2 aliphatic carbocycles. The van der Waals surface area contributed by atoms with Gasteiger partial charge in [0, 0.05) is 22.8 Å². The van der Waals surface area contributed by atoms with Crippen molar-refractivity contribution >= 4 is 39.2 Å². The molecule has 0 atom stereocenters. The van der Waals surface area contributed by atoms with Gasteiger partial charge in [-0.1, -0.05) is 238 Å². The van der Waals surface area contributed by atoms with Gasteiger partial charge in [0.25, 0.3) is 0 Å². The summed E-state index contributed by atoms with van der Waals surface area (Å²) in [4.78, 5) is 5.51. The zero-order chi connectivity index (χ0) is 44.4. The fourth-order valence-corrected chi connectivity index (χ4v) is 11.5. The summed E-state index contributed by atoms with van der Waals surface area (Å²) in [5.41, 5.74) is 18.1. The molecule has 0 saturated heterocycles. The maximum Gasteiger partial charge on any atom is 0.0727 e. The molecule has 0 radical (unpaired) electrons. The summed E-state index contributed by atoms with van der Waals surface area (Å²) in [6.07, 6.45) is 3.98. The third-order valence-electron chi connectivity index (χ3n) is 14.2. The minimum absolute atomic E-state index is 0.212. The highest BCUT2D eigenvalue weighted by Gasteiger charge is 2.48. The predicted octanol–water partition coefficient (Wildman–Crippen LogP) is 15.9. The molecular formula is C64H46N2. The van der Waals surface area contributed by atoms with Gasteiger partial charge in [-0.15, -0.1) is 0 Å². The minimum Gasteiger partial charge on any atom is -0.300 e. The van der Waals surface area contributed by atoms with Gasteiger partial charge in [-0.05, 0) is 99.9 Å². The molecule has 0 aliphatic heterocycles. The molecule has 2 aliphatic rings. The Kier molecular flexibility index (Phi) is 9.26. The fourth-order valence-electron chi connectivity index (χ4n) is 11.5. The number of nitrogens with one attached hydrogen (secondary N) is 1. The summed E-state index contributed by atoms with van der Waals surface area (Å²) in [7, 11) is 0. The quantitative estimate of drug-likeness (QED) is 0.148. The van der Waals surface area contributed by atoms with Gasteiger partial charge in [0.2, 0.25) is 0 Å². The minimum atomic E-state index is -0.640. The first-order valence-corrected chi connectivity index (χ1v) is 22.9. The van der Waals surface area contributed by atoms with E-state index >= 15 is 0 Å². The van der Waals surface area contributed by atoms with E-state index < -0.39 is 5.41 Å². The number of nitrogens with zero attached hydrogens (tertiary/aromatic N) is 1. The van der Waals surface area contributed by atoms with Crippen molar-refractivity contribution in [2.45, 2.75) is 24.7 Å². The van der Waals surface area contributed by atoms with E-state index in [-0.39, 0.29) is 5.41 Å². The molecular weight excluding hydrogens is 797 g/mol. The summed E-state index contributed by atoms with van der Waals surface area (Å²) in [5, 5.41) is 14.4. The van der Waals surface area contributed by atoms with E-state index in [1.165, 1.54) is 82.9 Å². The molecule has 0 fully saturated rings. The van der Waals surface area contributed by atoms with Crippen LogP contribution in [0, 0.1) is 5.41 Å². The van der Waals surface area contributed by atoms with E-state index in [0.717, 1.165) is 27.8 Å². The van der Waals surface area contributed by atoms with Crippen LogP contribution in [0.2, 0.25) is 0 Å². The fraction of sp³-hybridized carbons (Fsp3) is 0.0625. The topological polar surface area (TPSA) is 36.2 Å². The lowest BCUT2D eigenvalue weighted by Gasteiger charge is -2.35. The van der Waals surface area contributed by atoms with Crippen LogP contribution < -0.4 is 0 Å². The number of allylic oxidation sites excluding steroid dienone is 1. The Bertz CT molecular complexity index is 3570. The molecule has 10 aromatic carbocycles. The van der Waals surface area contributed by atoms with Gasteiger partial charge >= 0.3 is 0 Å². The highest BCUT2D eigenvalue weighted by molar-refractivity contribution is 6.13. The average Bonchev–Trinajstić information content (AvgIpc) is 3.82. The number of fused-ring (bicyclic) bond motifs is 9. The SMILES string of the molecule is CC1(C)c2c(cccc2-c2ccc(C=N/C(=C\C(=N)c3ccccc3)c3cccc4c3C(c3ccccc3)(c3ccccc3)c3ccccc3-4)c3ccccc23)-c2ccc3ccccc3c21. The van der Waals surface area contributed by atoms with Crippen LogP contribution in [0.4, 0.5) is 0 Å². The van der Waals surface area contributed by atoms with Crippen LogP contribution in [0.3, 0.4) is 0 Å². The second-order valence-corrected chi connectivity index (χ2v) is 18.1. The Morgan fingerprint density at radius 2 is 0.955 bits per heavy atom. The van der Waals surface area contributed by atoms with Crippen molar-refractivity contribution in [2.24, 2.45) is 4.99 Å². The molecule has 1 N–H and O–H groups in total. The van der Waals surface area contributed by atoms with Gasteiger partial charge in [0.05, 0.1) is 16.8 Å². The molecule has 0 amide bonds. The van der Waals surface area contributed by atoms with Gasteiger partial charge in [-0.25, -0.2) is 0 Å². The summed E-state index contributed by atoms with van der Waals surface area (Å²) >= 11 is 0. The molecule has 0 spiro atoms. The standard InChI is InChI=1S/C64H46N2/c1-63(2)60-48-28-13-12-20-42(48)36-39-55(60)54-33-18-31-52(61(54)63)50-38-37-44(47-27-14-15-29-49(47)50)41-66-59(40-58(65)43-21-6-3-7-22-43)56-34-19-32-53-51-30-16-17-35-57(51)64(62(53)56,45-23-8-4-9-24-45)46-25-10-5-11-26-46/h3-41,65H,1-2H3/b59-40-,65-58?,66-41?. The number of aliphatic imine (C=N–C) groups is 1. The molecule has 2 heteroatoms. The van der Waals surface area contributed by atoms with Gasteiger partial charge in [-0.2, -0.15) is 0 Å². The van der Waals surface area contributed by atoms with E-state index in [0.29, 0.717) is 5.71 Å². The number of benzene rings is 10. The smallest absolute Gasteiger partial charge is 0.0727 e. The Hall–Kier alpha value is -8.20. The van der Waals surface area contributed by atoms with E-state index in [1.807, 2.05) is 42.6 Å². The first-order valence-electron chi connectivity index (χ1n) is 22.9. The molecule has 312 valence electrons. The van der Waals surface area contributed by atoms with Crippen molar-refractivity contribution < 1.29 is 0 Å². The first kappa shape index (κ1) is 39.4. The van der Waals surface area contributed by atoms with E-state index in [9.17, 15) is 5.41 Å². The van der Waals surface area contributed by atoms with Crippen molar-refractivity contribution in [1.82, 2.24) is 0 Å². The summed E-state index contributed by atoms with van der Waals surface area (Å²) < 4.78 is 0. The molecule has 0 heterocycles. The predicted molar refractivity (Wildman–Crippen MR) is 277 cm³/mol. The maximum absolute atomic E-state index is 9.54. The number of hydrogen-bond acceptors (Lipinski definition) is 2. The second-order valence-electron chi connectivity index (χ2n) is 18.1. The van der Waals surface area contributed by atoms with Gasteiger partial charge in [0.15, 0.2) is 0 Å². The lowest BCUT2D eigenvalue weighted by Crippen LogP contribution is -2.29. The molecule has 0 unspecified atom stereocenters. The average molecular weight is 843 g/mol. The Labute approximate surface area is 386 Å². The molecule has 66 heavy (non-hydrogen) atoms. The largest absolute Gasteiger partial charge is 0.300 e. The monoisotopic (exact) mass is 842 g/mol. The summed E-state index contributed by atoms with van der Waals surface area (Å²) in [6.45, 7) is 4.78. The molecule has 12 rings (SSSR count). The molecule has 10 aromatic rings. The van der Waals surface area contributed by atoms with Crippen LogP contribution in [0.25, 0.3) is 60.6 Å². The first-order chi connectivity index (χ1) is 32.4. The van der Waals surface area contributed by atoms with E-state index in [2.05, 4.69) is 208 Å². The van der Waals surface area contributed by atoms with Crippen LogP contribution in [0.1, 0.15) is 63.9 Å². The lowest BCUT2D eigenvalue weighted by atomic mass is 9.66. The van der Waals surface area contributed by atoms with Gasteiger partial charge < -0.3 is 5.41 Å². The molecule has 2 nitrogen and oxygen atoms in total. The lowest BCUT2D eigenvalue weighted by molar-refractivity contribution is 0.668. The van der Waals surface area contributed by atoms with Crippen molar-refractivity contribution in [3.63, 3.8) is 0 Å². The third-order valence-corrected chi connectivity index (χ3v) is 14.2. The van der Waals surface area contributed by atoms with Crippen LogP contribution in [-0.4, -0.2) is 11.9 Å².